The van der Waals surface area contributed by atoms with Gasteiger partial charge in [0.2, 0.25) is 0 Å². The number of benzene rings is 1. The minimum Gasteiger partial charge on any atom is -0.489 e. The summed E-state index contributed by atoms with van der Waals surface area (Å²) in [5.74, 6) is -0.719. The van der Waals surface area contributed by atoms with Crippen LogP contribution in [0.25, 0.3) is 10.9 Å². The number of pyridine rings is 1. The average molecular weight is 307 g/mol. The highest BCUT2D eigenvalue weighted by molar-refractivity contribution is 7.91. The molecule has 1 aromatic carbocycles. The fourth-order valence-corrected chi connectivity index (χ4v) is 3.97. The molecule has 7 heteroatoms. The lowest BCUT2D eigenvalue weighted by atomic mass is 10.1. The molecule has 2 heterocycles. The summed E-state index contributed by atoms with van der Waals surface area (Å²) < 4.78 is 28.7. The van der Waals surface area contributed by atoms with Gasteiger partial charge in [0.25, 0.3) is 0 Å². The van der Waals surface area contributed by atoms with Gasteiger partial charge in [0.15, 0.2) is 15.5 Å². The highest BCUT2D eigenvalue weighted by atomic mass is 32.2. The average Bonchev–Trinajstić information content (AvgIpc) is 2.77. The zero-order chi connectivity index (χ0) is 15.0. The van der Waals surface area contributed by atoms with Crippen molar-refractivity contribution in [1.29, 1.82) is 0 Å². The van der Waals surface area contributed by atoms with Gasteiger partial charge < -0.3 is 9.84 Å². The molecular formula is C14H13NO5S. The van der Waals surface area contributed by atoms with Crippen molar-refractivity contribution >= 4 is 26.7 Å². The van der Waals surface area contributed by atoms with E-state index in [4.69, 9.17) is 9.84 Å². The molecule has 1 atom stereocenters. The van der Waals surface area contributed by atoms with Crippen LogP contribution in [0.1, 0.15) is 16.9 Å². The number of rotatable bonds is 3. The number of carbonyl (C=O) groups is 1. The maximum absolute atomic E-state index is 11.5. The quantitative estimate of drug-likeness (QED) is 0.923. The van der Waals surface area contributed by atoms with E-state index < -0.39 is 21.9 Å². The van der Waals surface area contributed by atoms with Gasteiger partial charge in [0.05, 0.1) is 17.0 Å². The van der Waals surface area contributed by atoms with Crippen LogP contribution < -0.4 is 4.74 Å². The SMILES string of the molecule is O=C(O)c1cc(OC2CCS(=O)(=O)C2)c2ccccc2n1. The van der Waals surface area contributed by atoms with Crippen LogP contribution >= 0.6 is 0 Å². The summed E-state index contributed by atoms with van der Waals surface area (Å²) in [4.78, 5) is 15.2. The molecule has 1 N–H and O–H groups in total. The van der Waals surface area contributed by atoms with Gasteiger partial charge in [0.1, 0.15) is 11.9 Å². The van der Waals surface area contributed by atoms with Crippen LogP contribution in [-0.2, 0) is 9.84 Å². The zero-order valence-electron chi connectivity index (χ0n) is 11.0. The number of nitrogens with zero attached hydrogens (tertiary/aromatic N) is 1. The number of ether oxygens (including phenoxy) is 1. The molecule has 3 rings (SSSR count). The Morgan fingerprint density at radius 2 is 2.10 bits per heavy atom. The first-order valence-electron chi connectivity index (χ1n) is 6.45. The van der Waals surface area contributed by atoms with Crippen molar-refractivity contribution < 1.29 is 23.1 Å². The Hall–Kier alpha value is -2.15. The van der Waals surface area contributed by atoms with Gasteiger partial charge in [-0.05, 0) is 18.6 Å². The number of carboxylic acid groups (broad SMARTS) is 1. The highest BCUT2D eigenvalue weighted by Gasteiger charge is 2.30. The number of hydrogen-bond acceptors (Lipinski definition) is 5. The van der Waals surface area contributed by atoms with Crippen molar-refractivity contribution in [2.45, 2.75) is 12.5 Å². The van der Waals surface area contributed by atoms with Gasteiger partial charge in [-0.25, -0.2) is 18.2 Å². The molecule has 2 aromatic rings. The van der Waals surface area contributed by atoms with Gasteiger partial charge in [-0.2, -0.15) is 0 Å². The summed E-state index contributed by atoms with van der Waals surface area (Å²) in [5.41, 5.74) is 0.387. The van der Waals surface area contributed by atoms with Gasteiger partial charge in [0, 0.05) is 11.5 Å². The van der Waals surface area contributed by atoms with E-state index >= 15 is 0 Å². The van der Waals surface area contributed by atoms with Crippen LogP contribution in [0, 0.1) is 0 Å². The fraction of sp³-hybridized carbons (Fsp3) is 0.286. The number of para-hydroxylation sites is 1. The van der Waals surface area contributed by atoms with Crippen LogP contribution in [0.5, 0.6) is 5.75 Å². The number of carboxylic acids is 1. The highest BCUT2D eigenvalue weighted by Crippen LogP contribution is 2.28. The van der Waals surface area contributed by atoms with Crippen LogP contribution in [0.2, 0.25) is 0 Å². The molecule has 1 aromatic heterocycles. The standard InChI is InChI=1S/C14H13NO5S/c16-14(17)12-7-13(10-3-1-2-4-11(10)15-12)20-9-5-6-21(18,19)8-9/h1-4,7,9H,5-6,8H2,(H,16,17). The summed E-state index contributed by atoms with van der Waals surface area (Å²) in [6, 6.07) is 8.36. The Morgan fingerprint density at radius 1 is 1.33 bits per heavy atom. The second-order valence-corrected chi connectivity index (χ2v) is 7.20. The van der Waals surface area contributed by atoms with Crippen LogP contribution in [-0.4, -0.2) is 42.1 Å². The minimum atomic E-state index is -3.05. The van der Waals surface area contributed by atoms with Crippen LogP contribution in [0.15, 0.2) is 30.3 Å². The third-order valence-electron chi connectivity index (χ3n) is 3.38. The monoisotopic (exact) mass is 307 g/mol. The Morgan fingerprint density at radius 3 is 2.76 bits per heavy atom. The molecule has 1 fully saturated rings. The van der Waals surface area contributed by atoms with E-state index in [9.17, 15) is 13.2 Å². The van der Waals surface area contributed by atoms with Crippen molar-refractivity contribution in [1.82, 2.24) is 4.98 Å². The fourth-order valence-electron chi connectivity index (χ4n) is 2.38. The van der Waals surface area contributed by atoms with Crippen LogP contribution in [0.3, 0.4) is 0 Å². The van der Waals surface area contributed by atoms with E-state index in [1.54, 1.807) is 24.3 Å². The summed E-state index contributed by atoms with van der Waals surface area (Å²) in [6.07, 6.45) is -0.0241. The third kappa shape index (κ3) is 2.82. The molecule has 0 saturated carbocycles. The van der Waals surface area contributed by atoms with Gasteiger partial charge >= 0.3 is 5.97 Å². The maximum atomic E-state index is 11.5. The molecule has 1 unspecified atom stereocenters. The summed E-state index contributed by atoms with van der Waals surface area (Å²) in [7, 11) is -3.05. The van der Waals surface area contributed by atoms with Crippen molar-refractivity contribution in [3.63, 3.8) is 0 Å². The Bertz CT molecular complexity index is 815. The van der Waals surface area contributed by atoms with E-state index in [0.29, 0.717) is 23.1 Å². The number of fused-ring (bicyclic) bond motifs is 1. The maximum Gasteiger partial charge on any atom is 0.354 e. The molecule has 21 heavy (non-hydrogen) atoms. The van der Waals surface area contributed by atoms with Crippen molar-refractivity contribution in [2.24, 2.45) is 0 Å². The smallest absolute Gasteiger partial charge is 0.354 e. The molecule has 0 radical (unpaired) electrons. The first kappa shape index (κ1) is 13.8. The molecule has 1 aliphatic heterocycles. The number of aromatic nitrogens is 1. The molecule has 0 spiro atoms. The number of sulfone groups is 1. The molecule has 0 aliphatic carbocycles. The molecule has 1 aliphatic rings. The van der Waals surface area contributed by atoms with Gasteiger partial charge in [-0.1, -0.05) is 12.1 Å². The Balaban J connectivity index is 2.02. The molecule has 110 valence electrons. The van der Waals surface area contributed by atoms with Gasteiger partial charge in [-0.3, -0.25) is 0 Å². The summed E-state index contributed by atoms with van der Waals surface area (Å²) >= 11 is 0. The third-order valence-corrected chi connectivity index (χ3v) is 5.12. The number of hydrogen-bond donors (Lipinski definition) is 1. The van der Waals surface area contributed by atoms with E-state index in [0.717, 1.165) is 0 Å². The summed E-state index contributed by atoms with van der Waals surface area (Å²) in [5, 5.41) is 9.77. The van der Waals surface area contributed by atoms with Crippen LogP contribution in [0.4, 0.5) is 0 Å². The van der Waals surface area contributed by atoms with Crippen molar-refractivity contribution in [2.75, 3.05) is 11.5 Å². The first-order valence-corrected chi connectivity index (χ1v) is 8.27. The zero-order valence-corrected chi connectivity index (χ0v) is 11.8. The molecule has 0 bridgehead atoms. The lowest BCUT2D eigenvalue weighted by Crippen LogP contribution is -2.18. The molecule has 6 nitrogen and oxygen atoms in total. The normalized spacial score (nSPS) is 20.5. The van der Waals surface area contributed by atoms with E-state index in [1.807, 2.05) is 0 Å². The largest absolute Gasteiger partial charge is 0.489 e. The minimum absolute atomic E-state index is 0.0357. The lowest BCUT2D eigenvalue weighted by Gasteiger charge is -2.14. The van der Waals surface area contributed by atoms with E-state index in [-0.39, 0.29) is 17.2 Å². The molecular weight excluding hydrogens is 294 g/mol. The predicted molar refractivity (Wildman–Crippen MR) is 76.4 cm³/mol. The van der Waals surface area contributed by atoms with E-state index in [1.165, 1.54) is 6.07 Å². The molecule has 0 amide bonds. The van der Waals surface area contributed by atoms with Gasteiger partial charge in [-0.15, -0.1) is 0 Å². The lowest BCUT2D eigenvalue weighted by molar-refractivity contribution is 0.0690. The topological polar surface area (TPSA) is 93.6 Å². The molecule has 1 saturated heterocycles. The van der Waals surface area contributed by atoms with Crippen molar-refractivity contribution in [3.8, 4) is 5.75 Å². The number of aromatic carboxylic acids is 1. The van der Waals surface area contributed by atoms with Crippen molar-refractivity contribution in [3.05, 3.63) is 36.0 Å². The Labute approximate surface area is 121 Å². The first-order chi connectivity index (χ1) is 9.94. The predicted octanol–water partition coefficient (Wildman–Crippen LogP) is 1.50. The van der Waals surface area contributed by atoms with E-state index in [2.05, 4.69) is 4.98 Å². The second-order valence-electron chi connectivity index (χ2n) is 4.97. The Kier molecular flexibility index (Phi) is 3.29. The summed E-state index contributed by atoms with van der Waals surface area (Å²) in [6.45, 7) is 0. The second kappa shape index (κ2) is 5.00.